The molecule has 0 saturated carbocycles. The second-order valence-corrected chi connectivity index (χ2v) is 7.48. The third kappa shape index (κ3) is 3.62. The number of halogens is 1. The summed E-state index contributed by atoms with van der Waals surface area (Å²) in [6.45, 7) is 1.92. The van der Waals surface area contributed by atoms with Gasteiger partial charge in [-0.3, -0.25) is 0 Å². The molecule has 0 N–H and O–H groups in total. The predicted octanol–water partition coefficient (Wildman–Crippen LogP) is 7.12. The first kappa shape index (κ1) is 19.9. The van der Waals surface area contributed by atoms with E-state index in [-0.39, 0.29) is 0 Å². The summed E-state index contributed by atoms with van der Waals surface area (Å²) >= 11 is 5.44. The van der Waals surface area contributed by atoms with E-state index in [4.69, 9.17) is 16.3 Å². The Morgan fingerprint density at radius 2 is 1.10 bits per heavy atom. The van der Waals surface area contributed by atoms with Gasteiger partial charge in [-0.2, -0.15) is 0 Å². The van der Waals surface area contributed by atoms with Gasteiger partial charge >= 0.3 is 5.43 Å². The van der Waals surface area contributed by atoms with E-state index in [2.05, 4.69) is 78.9 Å². The topological polar surface area (TPSA) is 26.3 Å². The molecule has 0 atom stereocenters. The molecule has 0 fully saturated rings. The second kappa shape index (κ2) is 8.56. The highest BCUT2D eigenvalue weighted by molar-refractivity contribution is 6.61. The zero-order chi connectivity index (χ0) is 21.0. The van der Waals surface area contributed by atoms with Crippen LogP contribution >= 0.6 is 11.6 Å². The van der Waals surface area contributed by atoms with E-state index in [1.54, 1.807) is 0 Å². The molecule has 4 aromatic rings. The van der Waals surface area contributed by atoms with Crippen molar-refractivity contribution in [2.75, 3.05) is 0 Å². The lowest BCUT2D eigenvalue weighted by atomic mass is 9.65. The van der Waals surface area contributed by atoms with E-state index >= 15 is 0 Å². The van der Waals surface area contributed by atoms with E-state index in [9.17, 15) is 4.79 Å². The Morgan fingerprint density at radius 1 is 0.667 bits per heavy atom. The van der Waals surface area contributed by atoms with Gasteiger partial charge in [0.05, 0.1) is 5.41 Å². The average Bonchev–Trinajstić information content (AvgIpc) is 2.78. The largest absolute Gasteiger partial charge is 0.414 e. The van der Waals surface area contributed by atoms with Gasteiger partial charge in [0.25, 0.3) is 0 Å². The van der Waals surface area contributed by atoms with Crippen LogP contribution in [-0.4, -0.2) is 5.43 Å². The molecule has 2 nitrogen and oxygen atoms in total. The summed E-state index contributed by atoms with van der Waals surface area (Å²) in [5.41, 5.74) is 4.02. The van der Waals surface area contributed by atoms with Gasteiger partial charge in [0, 0.05) is 11.6 Å². The van der Waals surface area contributed by atoms with Crippen molar-refractivity contribution in [3.8, 4) is 5.75 Å². The number of rotatable bonds is 5. The van der Waals surface area contributed by atoms with Crippen molar-refractivity contribution < 1.29 is 9.53 Å². The monoisotopic (exact) mass is 412 g/mol. The molecule has 0 saturated heterocycles. The Bertz CT molecular complexity index is 1040. The highest BCUT2D eigenvalue weighted by atomic mass is 35.5. The molecule has 4 aromatic carbocycles. The number of carbonyl (C=O) groups excluding carboxylic acids is 1. The Labute approximate surface area is 181 Å². The number of benzene rings is 4. The highest BCUT2D eigenvalue weighted by Crippen LogP contribution is 2.45. The van der Waals surface area contributed by atoms with Crippen LogP contribution in [0, 0.1) is 6.92 Å². The fourth-order valence-electron chi connectivity index (χ4n) is 4.15. The van der Waals surface area contributed by atoms with Crippen molar-refractivity contribution in [2.45, 2.75) is 12.3 Å². The maximum Gasteiger partial charge on any atom is 0.409 e. The van der Waals surface area contributed by atoms with Gasteiger partial charge in [-0.05, 0) is 40.8 Å². The first-order valence-electron chi connectivity index (χ1n) is 9.77. The summed E-state index contributed by atoms with van der Waals surface area (Å²) < 4.78 is 5.16. The Balaban J connectivity index is 2.06. The number of aryl methyl sites for hydroxylation is 1. The molecule has 4 rings (SSSR count). The minimum atomic E-state index is -0.841. The van der Waals surface area contributed by atoms with Crippen LogP contribution in [0.3, 0.4) is 0 Å². The van der Waals surface area contributed by atoms with Crippen LogP contribution in [-0.2, 0) is 5.41 Å². The van der Waals surface area contributed by atoms with Gasteiger partial charge < -0.3 is 4.74 Å². The van der Waals surface area contributed by atoms with Crippen molar-refractivity contribution in [2.24, 2.45) is 0 Å². The molecular formula is C27H21ClO2. The van der Waals surface area contributed by atoms with E-state index in [1.165, 1.54) is 0 Å². The van der Waals surface area contributed by atoms with E-state index in [0.717, 1.165) is 27.8 Å². The van der Waals surface area contributed by atoms with Gasteiger partial charge in [0.1, 0.15) is 5.75 Å². The molecule has 30 heavy (non-hydrogen) atoms. The molecule has 0 radical (unpaired) electrons. The zero-order valence-electron chi connectivity index (χ0n) is 16.6. The Kier molecular flexibility index (Phi) is 5.69. The molecule has 0 aromatic heterocycles. The number of ether oxygens (including phenoxy) is 1. The first-order chi connectivity index (χ1) is 14.6. The fraction of sp³-hybridized carbons (Fsp3) is 0.0741. The fourth-order valence-corrected chi connectivity index (χ4v) is 4.23. The molecule has 0 aliphatic rings. The van der Waals surface area contributed by atoms with Crippen LogP contribution in [0.2, 0.25) is 0 Å². The van der Waals surface area contributed by atoms with Crippen LogP contribution < -0.4 is 4.74 Å². The number of carbonyl (C=O) groups is 1. The normalized spacial score (nSPS) is 11.1. The van der Waals surface area contributed by atoms with Crippen LogP contribution in [0.1, 0.15) is 27.8 Å². The summed E-state index contributed by atoms with van der Waals surface area (Å²) in [6.07, 6.45) is 0. The van der Waals surface area contributed by atoms with Gasteiger partial charge in [0.15, 0.2) is 0 Å². The molecule has 0 aliphatic carbocycles. The molecule has 0 heterocycles. The van der Waals surface area contributed by atoms with Gasteiger partial charge in [-0.15, -0.1) is 0 Å². The minimum Gasteiger partial charge on any atom is -0.414 e. The van der Waals surface area contributed by atoms with Gasteiger partial charge in [-0.1, -0.05) is 103 Å². The molecular weight excluding hydrogens is 392 g/mol. The summed E-state index contributed by atoms with van der Waals surface area (Å²) in [5.74, 6) is 0.460. The highest BCUT2D eigenvalue weighted by Gasteiger charge is 2.38. The lowest BCUT2D eigenvalue weighted by Crippen LogP contribution is -2.31. The third-order valence-corrected chi connectivity index (χ3v) is 5.50. The SMILES string of the molecule is Cc1cc(C(c2ccccc2)(c2ccccc2)c2ccccc2)ccc1OC(=O)Cl. The second-order valence-electron chi connectivity index (χ2n) is 7.17. The van der Waals surface area contributed by atoms with Crippen LogP contribution in [0.5, 0.6) is 5.75 Å². The summed E-state index contributed by atoms with van der Waals surface area (Å²) in [5, 5.41) is 0. The van der Waals surface area contributed by atoms with Crippen molar-refractivity contribution in [3.05, 3.63) is 137 Å². The molecule has 0 spiro atoms. The zero-order valence-corrected chi connectivity index (χ0v) is 17.3. The lowest BCUT2D eigenvalue weighted by molar-refractivity contribution is 0.225. The minimum absolute atomic E-state index is 0.460. The average molecular weight is 413 g/mol. The molecule has 0 unspecified atom stereocenters. The van der Waals surface area contributed by atoms with Crippen molar-refractivity contribution in [1.82, 2.24) is 0 Å². The van der Waals surface area contributed by atoms with Crippen LogP contribution in [0.15, 0.2) is 109 Å². The molecule has 148 valence electrons. The Hall–Kier alpha value is -3.36. The predicted molar refractivity (Wildman–Crippen MR) is 121 cm³/mol. The third-order valence-electron chi connectivity index (χ3n) is 5.42. The van der Waals surface area contributed by atoms with Crippen molar-refractivity contribution in [1.29, 1.82) is 0 Å². The quantitative estimate of drug-likeness (QED) is 0.258. The number of hydrogen-bond donors (Lipinski definition) is 0. The van der Waals surface area contributed by atoms with Gasteiger partial charge in [-0.25, -0.2) is 4.79 Å². The summed E-state index contributed by atoms with van der Waals surface area (Å²) in [7, 11) is 0. The van der Waals surface area contributed by atoms with E-state index < -0.39 is 10.8 Å². The van der Waals surface area contributed by atoms with Crippen molar-refractivity contribution >= 4 is 17.0 Å². The van der Waals surface area contributed by atoms with Crippen LogP contribution in [0.4, 0.5) is 4.79 Å². The number of hydrogen-bond acceptors (Lipinski definition) is 2. The van der Waals surface area contributed by atoms with Crippen molar-refractivity contribution in [3.63, 3.8) is 0 Å². The first-order valence-corrected chi connectivity index (χ1v) is 10.1. The smallest absolute Gasteiger partial charge is 0.409 e. The molecule has 0 bridgehead atoms. The Morgan fingerprint density at radius 3 is 1.47 bits per heavy atom. The molecule has 0 aliphatic heterocycles. The molecule has 0 amide bonds. The van der Waals surface area contributed by atoms with E-state index in [1.807, 2.05) is 37.3 Å². The lowest BCUT2D eigenvalue weighted by Gasteiger charge is -2.37. The maximum atomic E-state index is 11.3. The van der Waals surface area contributed by atoms with Crippen LogP contribution in [0.25, 0.3) is 0 Å². The summed E-state index contributed by atoms with van der Waals surface area (Å²) in [4.78, 5) is 11.3. The summed E-state index contributed by atoms with van der Waals surface area (Å²) in [6, 6.07) is 37.3. The maximum absolute atomic E-state index is 11.3. The van der Waals surface area contributed by atoms with E-state index in [0.29, 0.717) is 5.75 Å². The standard InChI is InChI=1S/C27H21ClO2/c1-20-19-24(17-18-25(20)30-26(28)29)27(21-11-5-2-6-12-21,22-13-7-3-8-14-22)23-15-9-4-10-16-23/h2-19H,1H3. The molecule has 3 heteroatoms. The van der Waals surface area contributed by atoms with Gasteiger partial charge in [0.2, 0.25) is 0 Å².